The number of nitrogens with zero attached hydrogens (tertiary/aromatic N) is 1. The Balaban J connectivity index is 1.62. The molecule has 0 radical (unpaired) electrons. The van der Waals surface area contributed by atoms with Gasteiger partial charge in [0, 0.05) is 23.6 Å². The van der Waals surface area contributed by atoms with Gasteiger partial charge in [-0.2, -0.15) is 0 Å². The molecule has 4 nitrogen and oxygen atoms in total. The summed E-state index contributed by atoms with van der Waals surface area (Å²) in [6.45, 7) is 0.973. The monoisotopic (exact) mass is 383 g/mol. The highest BCUT2D eigenvalue weighted by Gasteiger charge is 2.05. The molecule has 0 saturated heterocycles. The Hall–Kier alpha value is -2.83. The number of carbonyl (C=O) groups excluding carboxylic acids is 1. The molecule has 6 heteroatoms. The maximum absolute atomic E-state index is 13.0. The molecular weight excluding hydrogens is 365 g/mol. The zero-order valence-electron chi connectivity index (χ0n) is 14.7. The molecule has 0 N–H and O–H groups in total. The SMILES string of the molecule is COCCOc1ccc(C(=O)C=Cc2csc(-c3ccc(F)cc3)n2)cc1. The molecule has 0 unspecified atom stereocenters. The quantitative estimate of drug-likeness (QED) is 0.316. The van der Waals surface area contributed by atoms with Crippen molar-refractivity contribution in [2.75, 3.05) is 20.3 Å². The van der Waals surface area contributed by atoms with E-state index in [1.54, 1.807) is 49.6 Å². The average Bonchev–Trinajstić information content (AvgIpc) is 3.16. The molecule has 0 bridgehead atoms. The van der Waals surface area contributed by atoms with Crippen LogP contribution in [0.25, 0.3) is 16.6 Å². The van der Waals surface area contributed by atoms with Crippen LogP contribution in [0.3, 0.4) is 0 Å². The van der Waals surface area contributed by atoms with Gasteiger partial charge in [0.15, 0.2) is 5.78 Å². The molecule has 0 aliphatic carbocycles. The summed E-state index contributed by atoms with van der Waals surface area (Å²) < 4.78 is 23.4. The molecule has 0 aliphatic rings. The molecule has 1 heterocycles. The fourth-order valence-electron chi connectivity index (χ4n) is 2.30. The summed E-state index contributed by atoms with van der Waals surface area (Å²) in [7, 11) is 1.61. The second-order valence-electron chi connectivity index (χ2n) is 5.65. The van der Waals surface area contributed by atoms with E-state index in [0.717, 1.165) is 10.6 Å². The summed E-state index contributed by atoms with van der Waals surface area (Å²) >= 11 is 1.44. The average molecular weight is 383 g/mol. The number of hydrogen-bond donors (Lipinski definition) is 0. The van der Waals surface area contributed by atoms with Crippen LogP contribution >= 0.6 is 11.3 Å². The van der Waals surface area contributed by atoms with Crippen LogP contribution in [0.2, 0.25) is 0 Å². The van der Waals surface area contributed by atoms with Crippen LogP contribution in [0.15, 0.2) is 60.0 Å². The third kappa shape index (κ3) is 5.32. The fraction of sp³-hybridized carbons (Fsp3) is 0.143. The van der Waals surface area contributed by atoms with E-state index >= 15 is 0 Å². The first-order valence-electron chi connectivity index (χ1n) is 8.31. The second kappa shape index (κ2) is 9.21. The summed E-state index contributed by atoms with van der Waals surface area (Å²) in [5, 5.41) is 2.63. The lowest BCUT2D eigenvalue weighted by molar-refractivity contribution is 0.104. The third-order valence-electron chi connectivity index (χ3n) is 3.71. The number of hydrogen-bond acceptors (Lipinski definition) is 5. The minimum atomic E-state index is -0.281. The second-order valence-corrected chi connectivity index (χ2v) is 6.51. The van der Waals surface area contributed by atoms with Crippen LogP contribution in [-0.4, -0.2) is 31.1 Å². The van der Waals surface area contributed by atoms with E-state index in [-0.39, 0.29) is 11.6 Å². The van der Waals surface area contributed by atoms with Gasteiger partial charge in [-0.15, -0.1) is 11.3 Å². The van der Waals surface area contributed by atoms with E-state index in [1.807, 2.05) is 5.38 Å². The van der Waals surface area contributed by atoms with Crippen molar-refractivity contribution >= 4 is 23.2 Å². The van der Waals surface area contributed by atoms with Gasteiger partial charge in [-0.25, -0.2) is 9.37 Å². The number of ketones is 1. The van der Waals surface area contributed by atoms with Crippen molar-refractivity contribution in [2.45, 2.75) is 0 Å². The molecule has 138 valence electrons. The molecule has 1 aromatic heterocycles. The summed E-state index contributed by atoms with van der Waals surface area (Å²) in [6, 6.07) is 13.1. The summed E-state index contributed by atoms with van der Waals surface area (Å²) in [5.41, 5.74) is 2.10. The molecule has 0 saturated carbocycles. The molecule has 0 aliphatic heterocycles. The van der Waals surface area contributed by atoms with Crippen LogP contribution < -0.4 is 4.74 Å². The molecule has 0 fully saturated rings. The highest BCUT2D eigenvalue weighted by Crippen LogP contribution is 2.24. The number of aromatic nitrogens is 1. The number of methoxy groups -OCH3 is 1. The normalized spacial score (nSPS) is 11.0. The molecule has 27 heavy (non-hydrogen) atoms. The van der Waals surface area contributed by atoms with Gasteiger partial charge in [-0.05, 0) is 60.7 Å². The number of thiazole rings is 1. The van der Waals surface area contributed by atoms with Crippen molar-refractivity contribution in [1.29, 1.82) is 0 Å². The van der Waals surface area contributed by atoms with Crippen molar-refractivity contribution in [2.24, 2.45) is 0 Å². The Kier molecular flexibility index (Phi) is 6.46. The molecule has 0 amide bonds. The van der Waals surface area contributed by atoms with Crippen LogP contribution in [0.1, 0.15) is 16.1 Å². The van der Waals surface area contributed by atoms with Gasteiger partial charge in [-0.3, -0.25) is 4.79 Å². The van der Waals surface area contributed by atoms with Crippen LogP contribution in [0, 0.1) is 5.82 Å². The largest absolute Gasteiger partial charge is 0.491 e. The van der Waals surface area contributed by atoms with Crippen molar-refractivity contribution in [3.63, 3.8) is 0 Å². The standard InChI is InChI=1S/C21H18FNO3S/c1-25-12-13-26-19-9-4-15(5-10-19)20(24)11-8-18-14-27-21(23-18)16-2-6-17(22)7-3-16/h2-11,14H,12-13H2,1H3. The van der Waals surface area contributed by atoms with Crippen LogP contribution in [-0.2, 0) is 4.74 Å². The summed E-state index contributed by atoms with van der Waals surface area (Å²) in [4.78, 5) is 16.7. The van der Waals surface area contributed by atoms with Crippen LogP contribution in [0.4, 0.5) is 4.39 Å². The minimum Gasteiger partial charge on any atom is -0.491 e. The third-order valence-corrected chi connectivity index (χ3v) is 4.62. The highest BCUT2D eigenvalue weighted by atomic mass is 32.1. The van der Waals surface area contributed by atoms with E-state index in [0.29, 0.717) is 30.2 Å². The predicted molar refractivity (Wildman–Crippen MR) is 105 cm³/mol. The number of benzene rings is 2. The number of ether oxygens (including phenoxy) is 2. The molecule has 3 rings (SSSR count). The summed E-state index contributed by atoms with van der Waals surface area (Å²) in [5.74, 6) is 0.293. The predicted octanol–water partition coefficient (Wildman–Crippen LogP) is 4.87. The number of carbonyl (C=O) groups is 1. The zero-order chi connectivity index (χ0) is 19.1. The Morgan fingerprint density at radius 1 is 1.11 bits per heavy atom. The van der Waals surface area contributed by atoms with E-state index in [2.05, 4.69) is 4.98 Å². The van der Waals surface area contributed by atoms with E-state index in [4.69, 9.17) is 9.47 Å². The lowest BCUT2D eigenvalue weighted by atomic mass is 10.1. The first-order valence-corrected chi connectivity index (χ1v) is 9.19. The molecule has 2 aromatic carbocycles. The summed E-state index contributed by atoms with van der Waals surface area (Å²) in [6.07, 6.45) is 3.17. The van der Waals surface area contributed by atoms with E-state index in [9.17, 15) is 9.18 Å². The number of rotatable bonds is 8. The zero-order valence-corrected chi connectivity index (χ0v) is 15.5. The maximum Gasteiger partial charge on any atom is 0.185 e. The smallest absolute Gasteiger partial charge is 0.185 e. The number of halogens is 1. The van der Waals surface area contributed by atoms with Gasteiger partial charge >= 0.3 is 0 Å². The fourth-order valence-corrected chi connectivity index (χ4v) is 3.10. The highest BCUT2D eigenvalue weighted by molar-refractivity contribution is 7.13. The van der Waals surface area contributed by atoms with Gasteiger partial charge in [0.2, 0.25) is 0 Å². The first kappa shape index (κ1) is 18.9. The van der Waals surface area contributed by atoms with Gasteiger partial charge in [-0.1, -0.05) is 0 Å². The molecule has 0 atom stereocenters. The Morgan fingerprint density at radius 3 is 2.56 bits per heavy atom. The molecular formula is C21H18FNO3S. The molecule has 3 aromatic rings. The van der Waals surface area contributed by atoms with Crippen molar-refractivity contribution in [3.8, 4) is 16.3 Å². The molecule has 0 spiro atoms. The lowest BCUT2D eigenvalue weighted by Gasteiger charge is -2.05. The van der Waals surface area contributed by atoms with Gasteiger partial charge in [0.1, 0.15) is 23.2 Å². The van der Waals surface area contributed by atoms with Gasteiger partial charge < -0.3 is 9.47 Å². The van der Waals surface area contributed by atoms with Crippen molar-refractivity contribution < 1.29 is 18.7 Å². The van der Waals surface area contributed by atoms with E-state index < -0.39 is 0 Å². The van der Waals surface area contributed by atoms with Crippen molar-refractivity contribution in [3.05, 3.63) is 77.1 Å². The van der Waals surface area contributed by atoms with Gasteiger partial charge in [0.25, 0.3) is 0 Å². The van der Waals surface area contributed by atoms with Crippen molar-refractivity contribution in [1.82, 2.24) is 4.98 Å². The first-order chi connectivity index (χ1) is 13.2. The Bertz CT molecular complexity index is 917. The maximum atomic E-state index is 13.0. The van der Waals surface area contributed by atoms with Gasteiger partial charge in [0.05, 0.1) is 12.3 Å². The Morgan fingerprint density at radius 2 is 1.85 bits per heavy atom. The number of allylic oxidation sites excluding steroid dienone is 1. The topological polar surface area (TPSA) is 48.4 Å². The van der Waals surface area contributed by atoms with E-state index in [1.165, 1.54) is 29.5 Å². The lowest BCUT2D eigenvalue weighted by Crippen LogP contribution is -2.04. The van der Waals surface area contributed by atoms with Crippen LogP contribution in [0.5, 0.6) is 5.75 Å². The minimum absolute atomic E-state index is 0.116. The Labute approximate surface area is 160 Å².